The number of carbonyl (C=O) groups excluding carboxylic acids is 1. The molecule has 2 aliphatic rings. The number of piperidine rings is 1. The first-order valence-electron chi connectivity index (χ1n) is 11.4. The molecule has 0 spiro atoms. The maximum atomic E-state index is 13.1. The van der Waals surface area contributed by atoms with E-state index in [0.717, 1.165) is 48.4 Å². The van der Waals surface area contributed by atoms with Crippen LogP contribution in [0.25, 0.3) is 0 Å². The molecular formula is C26H25Cl2N5O. The summed E-state index contributed by atoms with van der Waals surface area (Å²) in [7, 11) is 0. The molecule has 3 aromatic rings. The molecule has 0 radical (unpaired) electrons. The highest BCUT2D eigenvalue weighted by Gasteiger charge is 2.27. The monoisotopic (exact) mass is 493 g/mol. The fraction of sp³-hybridized carbons (Fsp3) is 0.269. The third-order valence-electron chi connectivity index (χ3n) is 6.34. The van der Waals surface area contributed by atoms with Gasteiger partial charge >= 0.3 is 0 Å². The Balaban J connectivity index is 1.52. The lowest BCUT2D eigenvalue weighted by Crippen LogP contribution is -2.40. The Hall–Kier alpha value is -2.93. The van der Waals surface area contributed by atoms with Crippen LogP contribution in [0.1, 0.15) is 29.5 Å². The normalized spacial score (nSPS) is 18.7. The van der Waals surface area contributed by atoms with Crippen LogP contribution in [0.4, 0.5) is 11.5 Å². The number of hydrogen-bond acceptors (Lipinski definition) is 5. The molecule has 0 bridgehead atoms. The number of rotatable bonds is 4. The van der Waals surface area contributed by atoms with Crippen molar-refractivity contribution in [3.8, 4) is 0 Å². The van der Waals surface area contributed by atoms with Crippen molar-refractivity contribution in [3.63, 3.8) is 0 Å². The number of halogens is 2. The predicted octanol–water partition coefficient (Wildman–Crippen LogP) is 4.72. The number of carbonyl (C=O) groups is 1. The van der Waals surface area contributed by atoms with Crippen molar-refractivity contribution in [1.29, 1.82) is 0 Å². The van der Waals surface area contributed by atoms with Crippen molar-refractivity contribution in [2.24, 2.45) is 10.7 Å². The summed E-state index contributed by atoms with van der Waals surface area (Å²) in [5.41, 5.74) is 9.84. The number of anilines is 2. The van der Waals surface area contributed by atoms with Gasteiger partial charge in [0.15, 0.2) is 0 Å². The summed E-state index contributed by atoms with van der Waals surface area (Å²) in [4.78, 5) is 25.0. The number of aliphatic imine (C=N–C) groups is 1. The molecular weight excluding hydrogens is 469 g/mol. The Morgan fingerprint density at radius 1 is 1.06 bits per heavy atom. The fourth-order valence-electron chi connectivity index (χ4n) is 4.40. The lowest BCUT2D eigenvalue weighted by atomic mass is 10.0. The average Bonchev–Trinajstić information content (AvgIpc) is 2.97. The second-order valence-electron chi connectivity index (χ2n) is 8.70. The molecule has 174 valence electrons. The predicted molar refractivity (Wildman–Crippen MR) is 138 cm³/mol. The van der Waals surface area contributed by atoms with E-state index in [4.69, 9.17) is 38.9 Å². The summed E-state index contributed by atoms with van der Waals surface area (Å²) in [6.07, 6.45) is 4.12. The SMILES string of the molecule is NC1CCN(c2ccc(C3=NC(Cc4ccccc4Cl)C(=O)Nc4ccc(Cl)cc43)cn2)CC1. The molecule has 0 saturated carbocycles. The summed E-state index contributed by atoms with van der Waals surface area (Å²) in [5, 5.41) is 4.19. The van der Waals surface area contributed by atoms with Crippen LogP contribution in [-0.4, -0.2) is 41.8 Å². The summed E-state index contributed by atoms with van der Waals surface area (Å²) < 4.78 is 0. The van der Waals surface area contributed by atoms with Crippen LogP contribution < -0.4 is 16.0 Å². The molecule has 5 rings (SSSR count). The number of hydrogen-bond donors (Lipinski definition) is 2. The van der Waals surface area contributed by atoms with Gasteiger partial charge in [0.2, 0.25) is 5.91 Å². The van der Waals surface area contributed by atoms with Gasteiger partial charge in [0.25, 0.3) is 0 Å². The highest BCUT2D eigenvalue weighted by Crippen LogP contribution is 2.29. The van der Waals surface area contributed by atoms with Crippen molar-refractivity contribution in [1.82, 2.24) is 4.98 Å². The van der Waals surface area contributed by atoms with E-state index in [9.17, 15) is 4.79 Å². The van der Waals surface area contributed by atoms with E-state index in [1.54, 1.807) is 6.07 Å². The average molecular weight is 494 g/mol. The van der Waals surface area contributed by atoms with E-state index < -0.39 is 6.04 Å². The first-order valence-corrected chi connectivity index (χ1v) is 12.1. The number of pyridine rings is 1. The van der Waals surface area contributed by atoms with Gasteiger partial charge in [-0.1, -0.05) is 41.4 Å². The van der Waals surface area contributed by atoms with Gasteiger partial charge in [0, 0.05) is 52.9 Å². The third kappa shape index (κ3) is 4.80. The van der Waals surface area contributed by atoms with E-state index in [1.807, 2.05) is 54.7 Å². The van der Waals surface area contributed by atoms with Gasteiger partial charge in [0.05, 0.1) is 11.4 Å². The minimum absolute atomic E-state index is 0.187. The first-order chi connectivity index (χ1) is 16.5. The molecule has 34 heavy (non-hydrogen) atoms. The zero-order valence-electron chi connectivity index (χ0n) is 18.5. The highest BCUT2D eigenvalue weighted by atomic mass is 35.5. The van der Waals surface area contributed by atoms with Gasteiger partial charge in [-0.15, -0.1) is 0 Å². The molecule has 1 atom stereocenters. The van der Waals surface area contributed by atoms with Crippen LogP contribution in [-0.2, 0) is 11.2 Å². The minimum Gasteiger partial charge on any atom is -0.357 e. The van der Waals surface area contributed by atoms with Gasteiger partial charge in [-0.3, -0.25) is 9.79 Å². The number of benzodiazepines with no additional fused rings is 1. The topological polar surface area (TPSA) is 83.6 Å². The Kier molecular flexibility index (Phi) is 6.55. The Labute approximate surface area is 208 Å². The van der Waals surface area contributed by atoms with Gasteiger partial charge in [0.1, 0.15) is 11.9 Å². The lowest BCUT2D eigenvalue weighted by molar-refractivity contribution is -0.117. The van der Waals surface area contributed by atoms with E-state index >= 15 is 0 Å². The number of nitrogens with two attached hydrogens (primary N) is 1. The smallest absolute Gasteiger partial charge is 0.249 e. The van der Waals surface area contributed by atoms with Crippen LogP contribution >= 0.6 is 23.2 Å². The molecule has 3 heterocycles. The molecule has 1 fully saturated rings. The number of benzene rings is 2. The summed E-state index contributed by atoms with van der Waals surface area (Å²) in [6, 6.07) is 16.5. The fourth-order valence-corrected chi connectivity index (χ4v) is 4.79. The first kappa shape index (κ1) is 22.8. The molecule has 2 aromatic carbocycles. The molecule has 2 aliphatic heterocycles. The molecule has 8 heteroatoms. The molecule has 1 aromatic heterocycles. The molecule has 6 nitrogen and oxygen atoms in total. The molecule has 0 aliphatic carbocycles. The van der Waals surface area contributed by atoms with Gasteiger partial charge in [-0.2, -0.15) is 0 Å². The molecule has 1 saturated heterocycles. The second-order valence-corrected chi connectivity index (χ2v) is 9.54. The number of amides is 1. The maximum Gasteiger partial charge on any atom is 0.249 e. The van der Waals surface area contributed by atoms with Crippen molar-refractivity contribution < 1.29 is 4.79 Å². The van der Waals surface area contributed by atoms with Crippen molar-refractivity contribution in [2.45, 2.75) is 31.3 Å². The number of aromatic nitrogens is 1. The van der Waals surface area contributed by atoms with Crippen molar-refractivity contribution in [2.75, 3.05) is 23.3 Å². The van der Waals surface area contributed by atoms with Gasteiger partial charge in [-0.05, 0) is 54.8 Å². The number of nitrogens with zero attached hydrogens (tertiary/aromatic N) is 3. The standard InChI is InChI=1S/C26H25Cl2N5O/c27-18-6-7-22-20(14-18)25(17-5-8-24(30-15-17)33-11-9-19(29)10-12-33)31-23(26(34)32-22)13-16-3-1-2-4-21(16)28/h1-8,14-15,19,23H,9-13,29H2,(H,32,34). The van der Waals surface area contributed by atoms with E-state index in [0.29, 0.717) is 27.9 Å². The highest BCUT2D eigenvalue weighted by molar-refractivity contribution is 6.32. The quantitative estimate of drug-likeness (QED) is 0.550. The maximum absolute atomic E-state index is 13.1. The van der Waals surface area contributed by atoms with Crippen LogP contribution in [0.15, 0.2) is 65.8 Å². The van der Waals surface area contributed by atoms with Crippen molar-refractivity contribution >= 4 is 46.3 Å². The van der Waals surface area contributed by atoms with E-state index in [2.05, 4.69) is 10.2 Å². The number of nitrogens with one attached hydrogen (secondary N) is 1. The Bertz CT molecular complexity index is 1240. The Morgan fingerprint density at radius 3 is 2.59 bits per heavy atom. The van der Waals surface area contributed by atoms with Crippen molar-refractivity contribution in [3.05, 3.63) is 87.5 Å². The van der Waals surface area contributed by atoms with Gasteiger partial charge < -0.3 is 16.0 Å². The van der Waals surface area contributed by atoms with Crippen LogP contribution in [0.3, 0.4) is 0 Å². The number of fused-ring (bicyclic) bond motifs is 1. The minimum atomic E-state index is -0.649. The van der Waals surface area contributed by atoms with E-state index in [1.165, 1.54) is 0 Å². The largest absolute Gasteiger partial charge is 0.357 e. The zero-order valence-corrected chi connectivity index (χ0v) is 20.1. The third-order valence-corrected chi connectivity index (χ3v) is 6.94. The van der Waals surface area contributed by atoms with E-state index in [-0.39, 0.29) is 11.9 Å². The molecule has 1 unspecified atom stereocenters. The summed E-state index contributed by atoms with van der Waals surface area (Å²) in [5.74, 6) is 0.728. The van der Waals surface area contributed by atoms with Crippen LogP contribution in [0, 0.1) is 0 Å². The molecule has 3 N–H and O–H groups in total. The van der Waals surface area contributed by atoms with Crippen LogP contribution in [0.5, 0.6) is 0 Å². The lowest BCUT2D eigenvalue weighted by Gasteiger charge is -2.31. The Morgan fingerprint density at radius 2 is 1.85 bits per heavy atom. The molecule has 1 amide bonds. The van der Waals surface area contributed by atoms with Gasteiger partial charge in [-0.25, -0.2) is 4.98 Å². The summed E-state index contributed by atoms with van der Waals surface area (Å²) >= 11 is 12.7. The van der Waals surface area contributed by atoms with Crippen LogP contribution in [0.2, 0.25) is 10.0 Å². The zero-order chi connectivity index (χ0) is 23.7. The second kappa shape index (κ2) is 9.74. The summed E-state index contributed by atoms with van der Waals surface area (Å²) in [6.45, 7) is 1.79.